The third-order valence-electron chi connectivity index (χ3n) is 7.79. The van der Waals surface area contributed by atoms with E-state index in [1.807, 2.05) is 6.92 Å². The summed E-state index contributed by atoms with van der Waals surface area (Å²) < 4.78 is 10.7. The Labute approximate surface area is 181 Å². The molecule has 3 N–H and O–H groups in total. The average molecular weight is 430 g/mol. The van der Waals surface area contributed by atoms with Gasteiger partial charge in [-0.25, -0.2) is 4.79 Å². The highest BCUT2D eigenvalue weighted by Gasteiger charge is 2.75. The van der Waals surface area contributed by atoms with Crippen LogP contribution in [0, 0.1) is 23.7 Å². The van der Waals surface area contributed by atoms with E-state index in [2.05, 4.69) is 13.8 Å². The van der Waals surface area contributed by atoms with Crippen molar-refractivity contribution in [1.29, 1.82) is 0 Å². The molecule has 5 atom stereocenters. The molecule has 2 saturated carbocycles. The number of aliphatic hydroxyl groups is 2. The van der Waals surface area contributed by atoms with Crippen LogP contribution < -0.4 is 4.74 Å². The molecule has 1 aromatic carbocycles. The van der Waals surface area contributed by atoms with Crippen molar-refractivity contribution >= 4 is 12.3 Å². The summed E-state index contributed by atoms with van der Waals surface area (Å²) in [4.78, 5) is 24.8. The topological polar surface area (TPSA) is 113 Å². The summed E-state index contributed by atoms with van der Waals surface area (Å²) in [6, 6.07) is 2.93. The number of phenols is 1. The normalized spacial score (nSPS) is 37.7. The number of aryl methyl sites for hydroxylation is 1. The molecule has 31 heavy (non-hydrogen) atoms. The average Bonchev–Trinajstić information content (AvgIpc) is 2.93. The van der Waals surface area contributed by atoms with Crippen LogP contribution in [0.4, 0.5) is 0 Å². The summed E-state index contributed by atoms with van der Waals surface area (Å²) in [5.74, 6) is -0.925. The molecule has 5 unspecified atom stereocenters. The van der Waals surface area contributed by atoms with Gasteiger partial charge in [-0.3, -0.25) is 4.79 Å². The van der Waals surface area contributed by atoms with Gasteiger partial charge in [-0.05, 0) is 49.3 Å². The smallest absolute Gasteiger partial charge is 0.342 e. The summed E-state index contributed by atoms with van der Waals surface area (Å²) >= 11 is 0. The van der Waals surface area contributed by atoms with Gasteiger partial charge in [0.15, 0.2) is 0 Å². The number of carbonyl (C=O) groups excluding carboxylic acids is 2. The first-order chi connectivity index (χ1) is 14.3. The maximum absolute atomic E-state index is 12.9. The number of benzene rings is 1. The molecule has 0 aromatic heterocycles. The van der Waals surface area contributed by atoms with E-state index in [0.717, 1.165) is 0 Å². The van der Waals surface area contributed by atoms with Crippen molar-refractivity contribution in [3.8, 4) is 11.5 Å². The van der Waals surface area contributed by atoms with Gasteiger partial charge in [0.2, 0.25) is 0 Å². The first-order valence-electron chi connectivity index (χ1n) is 10.5. The van der Waals surface area contributed by atoms with E-state index < -0.39 is 28.7 Å². The maximum atomic E-state index is 12.9. The first-order valence-corrected chi connectivity index (χ1v) is 10.5. The second-order valence-electron chi connectivity index (χ2n) is 10.4. The van der Waals surface area contributed by atoms with Crippen molar-refractivity contribution in [1.82, 2.24) is 0 Å². The van der Waals surface area contributed by atoms with Crippen molar-refractivity contribution in [2.24, 2.45) is 16.7 Å². The van der Waals surface area contributed by atoms with Crippen molar-refractivity contribution in [2.45, 2.75) is 64.3 Å². The fraction of sp³-hybridized carbons (Fsp3) is 0.583. The number of hydrogen-bond donors (Lipinski definition) is 3. The highest BCUT2D eigenvalue weighted by molar-refractivity contribution is 5.94. The number of rotatable bonds is 4. The van der Waals surface area contributed by atoms with Gasteiger partial charge in [0.25, 0.3) is 0 Å². The Kier molecular flexibility index (Phi) is 4.62. The highest BCUT2D eigenvalue weighted by atomic mass is 16.6. The van der Waals surface area contributed by atoms with E-state index in [0.29, 0.717) is 36.9 Å². The minimum absolute atomic E-state index is 0.0102. The Hall–Kier alpha value is -2.38. The first kappa shape index (κ1) is 21.8. The highest BCUT2D eigenvalue weighted by Crippen LogP contribution is 2.69. The third kappa shape index (κ3) is 2.86. The van der Waals surface area contributed by atoms with Crippen LogP contribution in [0.5, 0.6) is 11.5 Å². The van der Waals surface area contributed by atoms with Crippen LogP contribution in [0.25, 0.3) is 0 Å². The number of carbonyl (C=O) groups is 2. The van der Waals surface area contributed by atoms with Gasteiger partial charge in [-0.2, -0.15) is 0 Å². The summed E-state index contributed by atoms with van der Waals surface area (Å²) in [6.07, 6.45) is 2.54. The van der Waals surface area contributed by atoms with Crippen molar-refractivity contribution in [3.63, 3.8) is 0 Å². The van der Waals surface area contributed by atoms with Gasteiger partial charge in [-0.15, -0.1) is 0 Å². The number of methoxy groups -OCH3 is 1. The number of aldehydes is 1. The molecule has 1 aromatic rings. The van der Waals surface area contributed by atoms with E-state index in [1.165, 1.54) is 19.3 Å². The van der Waals surface area contributed by atoms with Gasteiger partial charge in [-0.1, -0.05) is 20.8 Å². The van der Waals surface area contributed by atoms with Gasteiger partial charge >= 0.3 is 5.97 Å². The maximum Gasteiger partial charge on any atom is 0.342 e. The fourth-order valence-corrected chi connectivity index (χ4v) is 6.41. The third-order valence-corrected chi connectivity index (χ3v) is 7.79. The number of aromatic hydroxyl groups is 1. The Morgan fingerprint density at radius 3 is 2.45 bits per heavy atom. The SMILES string of the molecule is COc1cc(C)c(C(=O)OC2CC3(C)C4CC(C)(C)CC4(O)C=C(C=O)C23O)c(O)c1. The van der Waals surface area contributed by atoms with Gasteiger partial charge < -0.3 is 24.8 Å². The zero-order valence-electron chi connectivity index (χ0n) is 18.6. The molecule has 2 fully saturated rings. The number of fused-ring (bicyclic) bond motifs is 3. The Morgan fingerprint density at radius 2 is 1.87 bits per heavy atom. The lowest BCUT2D eigenvalue weighted by molar-refractivity contribution is -0.261. The summed E-state index contributed by atoms with van der Waals surface area (Å²) in [5, 5.41) is 33.3. The van der Waals surface area contributed by atoms with E-state index >= 15 is 0 Å². The summed E-state index contributed by atoms with van der Waals surface area (Å²) in [5.41, 5.74) is -3.33. The lowest BCUT2D eigenvalue weighted by Crippen LogP contribution is -2.75. The standard InChI is InChI=1S/C24H30O7/c1-13-6-15(30-5)7-16(26)19(13)20(27)31-18-10-22(4)17-9-21(2,3)12-23(17,28)8-14(11-25)24(18,22)29/h6-8,11,17-18,26,28-29H,9-10,12H2,1-5H3. The van der Waals surface area contributed by atoms with E-state index in [-0.39, 0.29) is 28.2 Å². The molecular formula is C24H30O7. The predicted octanol–water partition coefficient (Wildman–Crippen LogP) is 2.68. The second kappa shape index (κ2) is 6.56. The predicted molar refractivity (Wildman–Crippen MR) is 112 cm³/mol. The van der Waals surface area contributed by atoms with E-state index in [4.69, 9.17) is 9.47 Å². The number of phenolic OH excluding ortho intramolecular Hbond substituents is 1. The van der Waals surface area contributed by atoms with Crippen molar-refractivity contribution in [2.75, 3.05) is 7.11 Å². The lowest BCUT2D eigenvalue weighted by atomic mass is 9.43. The molecule has 0 radical (unpaired) electrons. The molecule has 3 aliphatic carbocycles. The lowest BCUT2D eigenvalue weighted by Gasteiger charge is -2.65. The second-order valence-corrected chi connectivity index (χ2v) is 10.4. The molecule has 3 aliphatic rings. The molecule has 7 nitrogen and oxygen atoms in total. The quantitative estimate of drug-likeness (QED) is 0.497. The van der Waals surface area contributed by atoms with Crippen LogP contribution in [0.15, 0.2) is 23.8 Å². The molecule has 0 spiro atoms. The van der Waals surface area contributed by atoms with Gasteiger partial charge in [0.05, 0.1) is 12.7 Å². The van der Waals surface area contributed by atoms with Crippen LogP contribution >= 0.6 is 0 Å². The minimum atomic E-state index is -1.70. The molecule has 4 rings (SSSR count). The molecular weight excluding hydrogens is 400 g/mol. The largest absolute Gasteiger partial charge is 0.507 e. The molecule has 7 heteroatoms. The zero-order valence-corrected chi connectivity index (χ0v) is 18.6. The van der Waals surface area contributed by atoms with Crippen LogP contribution in [-0.2, 0) is 9.53 Å². The number of ether oxygens (including phenoxy) is 2. The van der Waals surface area contributed by atoms with Gasteiger partial charge in [0, 0.05) is 23.0 Å². The Morgan fingerprint density at radius 1 is 1.19 bits per heavy atom. The van der Waals surface area contributed by atoms with Crippen LogP contribution in [0.2, 0.25) is 0 Å². The summed E-state index contributed by atoms with van der Waals surface area (Å²) in [6.45, 7) is 7.62. The molecule has 168 valence electrons. The monoisotopic (exact) mass is 430 g/mol. The Bertz CT molecular complexity index is 973. The van der Waals surface area contributed by atoms with Gasteiger partial charge in [0.1, 0.15) is 35.1 Å². The molecule has 0 aliphatic heterocycles. The van der Waals surface area contributed by atoms with Crippen molar-refractivity contribution in [3.05, 3.63) is 34.9 Å². The van der Waals surface area contributed by atoms with E-state index in [1.54, 1.807) is 13.0 Å². The minimum Gasteiger partial charge on any atom is -0.507 e. The number of hydrogen-bond acceptors (Lipinski definition) is 7. The Balaban J connectivity index is 1.67. The molecule has 0 saturated heterocycles. The fourth-order valence-electron chi connectivity index (χ4n) is 6.41. The molecule has 0 bridgehead atoms. The van der Waals surface area contributed by atoms with Crippen molar-refractivity contribution < 1.29 is 34.4 Å². The van der Waals surface area contributed by atoms with Crippen LogP contribution in [0.3, 0.4) is 0 Å². The molecule has 0 amide bonds. The number of esters is 1. The van der Waals surface area contributed by atoms with Crippen LogP contribution in [-0.4, -0.2) is 52.0 Å². The molecule has 0 heterocycles. The summed E-state index contributed by atoms with van der Waals surface area (Å²) in [7, 11) is 1.46. The van der Waals surface area contributed by atoms with Crippen LogP contribution in [0.1, 0.15) is 56.0 Å². The van der Waals surface area contributed by atoms with E-state index in [9.17, 15) is 24.9 Å². The zero-order chi connectivity index (χ0) is 23.0.